The largest absolute Gasteiger partial charge is 0.478 e. The molecule has 0 atom stereocenters. The summed E-state index contributed by atoms with van der Waals surface area (Å²) >= 11 is 4.84. The second-order valence-electron chi connectivity index (χ2n) is 2.65. The number of rotatable bonds is 2. The SMILES string of the molecule is CCc1nc(=S)[nH]c(C)c1C(=O)O. The molecule has 70 valence electrons. The first-order valence-corrected chi connectivity index (χ1v) is 4.30. The Hall–Kier alpha value is -1.23. The summed E-state index contributed by atoms with van der Waals surface area (Å²) in [6.45, 7) is 3.53. The number of nitrogens with zero attached hydrogens (tertiary/aromatic N) is 1. The standard InChI is InChI=1S/C8H10N2O2S/c1-3-5-6(7(11)12)4(2)9-8(13)10-5/h3H2,1-2H3,(H,11,12)(H,9,10,13). The maximum Gasteiger partial charge on any atom is 0.339 e. The molecule has 0 radical (unpaired) electrons. The molecule has 0 saturated carbocycles. The smallest absolute Gasteiger partial charge is 0.339 e. The minimum atomic E-state index is -0.965. The summed E-state index contributed by atoms with van der Waals surface area (Å²) in [6.07, 6.45) is 0.570. The summed E-state index contributed by atoms with van der Waals surface area (Å²) in [5.74, 6) is -0.965. The van der Waals surface area contributed by atoms with Gasteiger partial charge in [0, 0.05) is 5.69 Å². The van der Waals surface area contributed by atoms with Crippen molar-refractivity contribution >= 4 is 18.2 Å². The van der Waals surface area contributed by atoms with Gasteiger partial charge in [-0.1, -0.05) is 6.92 Å². The molecule has 5 heteroatoms. The first kappa shape index (κ1) is 9.85. The third-order valence-electron chi connectivity index (χ3n) is 1.74. The number of aryl methyl sites for hydroxylation is 2. The van der Waals surface area contributed by atoms with Gasteiger partial charge in [0.05, 0.1) is 5.69 Å². The van der Waals surface area contributed by atoms with Gasteiger partial charge in [-0.15, -0.1) is 0 Å². The van der Waals surface area contributed by atoms with Crippen LogP contribution in [0.3, 0.4) is 0 Å². The van der Waals surface area contributed by atoms with Crippen LogP contribution in [0.1, 0.15) is 28.7 Å². The zero-order valence-electron chi connectivity index (χ0n) is 7.42. The highest BCUT2D eigenvalue weighted by molar-refractivity contribution is 7.71. The van der Waals surface area contributed by atoms with Gasteiger partial charge in [0.1, 0.15) is 5.56 Å². The van der Waals surface area contributed by atoms with Crippen molar-refractivity contribution in [3.63, 3.8) is 0 Å². The molecule has 1 heterocycles. The Morgan fingerprint density at radius 2 is 2.31 bits per heavy atom. The van der Waals surface area contributed by atoms with Gasteiger partial charge >= 0.3 is 5.97 Å². The van der Waals surface area contributed by atoms with Crippen LogP contribution in [0.5, 0.6) is 0 Å². The fourth-order valence-corrected chi connectivity index (χ4v) is 1.45. The zero-order chi connectivity index (χ0) is 10.0. The van der Waals surface area contributed by atoms with E-state index in [9.17, 15) is 4.79 Å². The average Bonchev–Trinajstić information content (AvgIpc) is 2.01. The molecule has 13 heavy (non-hydrogen) atoms. The fraction of sp³-hybridized carbons (Fsp3) is 0.375. The molecule has 1 aromatic heterocycles. The highest BCUT2D eigenvalue weighted by Gasteiger charge is 2.13. The number of aromatic carboxylic acids is 1. The summed E-state index contributed by atoms with van der Waals surface area (Å²) in [5, 5.41) is 8.87. The Balaban J connectivity index is 3.47. The van der Waals surface area contributed by atoms with E-state index in [1.54, 1.807) is 6.92 Å². The Labute approximate surface area is 80.6 Å². The number of H-pyrrole nitrogens is 1. The lowest BCUT2D eigenvalue weighted by Crippen LogP contribution is -2.09. The second-order valence-corrected chi connectivity index (χ2v) is 3.03. The van der Waals surface area contributed by atoms with Gasteiger partial charge in [-0.05, 0) is 25.6 Å². The van der Waals surface area contributed by atoms with E-state index in [1.807, 2.05) is 6.92 Å². The van der Waals surface area contributed by atoms with E-state index in [-0.39, 0.29) is 5.56 Å². The molecule has 1 rings (SSSR count). The van der Waals surface area contributed by atoms with E-state index in [2.05, 4.69) is 9.97 Å². The number of aromatic amines is 1. The minimum absolute atomic E-state index is 0.233. The van der Waals surface area contributed by atoms with Crippen LogP contribution in [-0.2, 0) is 6.42 Å². The maximum atomic E-state index is 10.8. The van der Waals surface area contributed by atoms with Crippen molar-refractivity contribution in [2.75, 3.05) is 0 Å². The van der Waals surface area contributed by atoms with Crippen molar-refractivity contribution in [3.05, 3.63) is 21.7 Å². The van der Waals surface area contributed by atoms with Crippen LogP contribution in [-0.4, -0.2) is 21.0 Å². The third-order valence-corrected chi connectivity index (χ3v) is 1.94. The Morgan fingerprint density at radius 3 is 2.77 bits per heavy atom. The van der Waals surface area contributed by atoms with Gasteiger partial charge in [-0.3, -0.25) is 0 Å². The van der Waals surface area contributed by atoms with Crippen molar-refractivity contribution in [3.8, 4) is 0 Å². The van der Waals surface area contributed by atoms with E-state index in [0.717, 1.165) is 0 Å². The molecule has 0 amide bonds. The highest BCUT2D eigenvalue weighted by Crippen LogP contribution is 2.10. The highest BCUT2D eigenvalue weighted by atomic mass is 32.1. The molecule has 0 bridgehead atoms. The van der Waals surface area contributed by atoms with E-state index < -0.39 is 5.97 Å². The minimum Gasteiger partial charge on any atom is -0.478 e. The van der Waals surface area contributed by atoms with E-state index in [4.69, 9.17) is 17.3 Å². The second kappa shape index (κ2) is 3.66. The van der Waals surface area contributed by atoms with Crippen LogP contribution < -0.4 is 0 Å². The van der Waals surface area contributed by atoms with E-state index >= 15 is 0 Å². The Morgan fingerprint density at radius 1 is 1.69 bits per heavy atom. The molecule has 0 aromatic carbocycles. The lowest BCUT2D eigenvalue weighted by atomic mass is 10.1. The number of aromatic nitrogens is 2. The molecule has 1 aromatic rings. The van der Waals surface area contributed by atoms with Crippen molar-refractivity contribution in [2.24, 2.45) is 0 Å². The van der Waals surface area contributed by atoms with Gasteiger partial charge in [-0.25, -0.2) is 9.78 Å². The van der Waals surface area contributed by atoms with Crippen molar-refractivity contribution in [1.82, 2.24) is 9.97 Å². The molecule has 4 nitrogen and oxygen atoms in total. The Kier molecular flexibility index (Phi) is 2.77. The van der Waals surface area contributed by atoms with Crippen molar-refractivity contribution < 1.29 is 9.90 Å². The van der Waals surface area contributed by atoms with Crippen molar-refractivity contribution in [2.45, 2.75) is 20.3 Å². The topological polar surface area (TPSA) is 66.0 Å². The van der Waals surface area contributed by atoms with E-state index in [1.165, 1.54) is 0 Å². The molecule has 0 aliphatic carbocycles. The number of carboxylic acid groups (broad SMARTS) is 1. The predicted octanol–water partition coefficient (Wildman–Crippen LogP) is 1.71. The van der Waals surface area contributed by atoms with Gasteiger partial charge < -0.3 is 10.1 Å². The number of carbonyl (C=O) groups is 1. The fourth-order valence-electron chi connectivity index (χ4n) is 1.19. The molecular formula is C8H10N2O2S. The maximum absolute atomic E-state index is 10.8. The number of carboxylic acids is 1. The van der Waals surface area contributed by atoms with Gasteiger partial charge in [0.25, 0.3) is 0 Å². The van der Waals surface area contributed by atoms with Crippen LogP contribution in [0, 0.1) is 11.7 Å². The van der Waals surface area contributed by atoms with Gasteiger partial charge in [0.15, 0.2) is 4.77 Å². The molecule has 0 saturated heterocycles. The lowest BCUT2D eigenvalue weighted by molar-refractivity contribution is 0.0693. The predicted molar refractivity (Wildman–Crippen MR) is 50.5 cm³/mol. The molecule has 0 unspecified atom stereocenters. The number of nitrogens with one attached hydrogen (secondary N) is 1. The molecule has 0 fully saturated rings. The molecule has 0 aliphatic rings. The first-order valence-electron chi connectivity index (χ1n) is 3.89. The normalized spacial score (nSPS) is 10.0. The molecule has 2 N–H and O–H groups in total. The summed E-state index contributed by atoms with van der Waals surface area (Å²) in [4.78, 5) is 17.5. The van der Waals surface area contributed by atoms with Crippen LogP contribution in [0.25, 0.3) is 0 Å². The molecular weight excluding hydrogens is 188 g/mol. The summed E-state index contributed by atoms with van der Waals surface area (Å²) in [6, 6.07) is 0. The number of hydrogen-bond acceptors (Lipinski definition) is 3. The van der Waals surface area contributed by atoms with Crippen molar-refractivity contribution in [1.29, 1.82) is 0 Å². The number of hydrogen-bond donors (Lipinski definition) is 2. The van der Waals surface area contributed by atoms with Crippen LogP contribution in [0.4, 0.5) is 0 Å². The van der Waals surface area contributed by atoms with Crippen LogP contribution >= 0.6 is 12.2 Å². The Bertz CT molecular complexity index is 398. The van der Waals surface area contributed by atoms with E-state index in [0.29, 0.717) is 22.6 Å². The van der Waals surface area contributed by atoms with Crippen LogP contribution in [0.2, 0.25) is 0 Å². The van der Waals surface area contributed by atoms with Crippen LogP contribution in [0.15, 0.2) is 0 Å². The first-order chi connectivity index (χ1) is 6.06. The summed E-state index contributed by atoms with van der Waals surface area (Å²) < 4.78 is 0.333. The zero-order valence-corrected chi connectivity index (χ0v) is 8.23. The quantitative estimate of drug-likeness (QED) is 0.710. The average molecular weight is 198 g/mol. The third kappa shape index (κ3) is 1.92. The summed E-state index contributed by atoms with van der Waals surface area (Å²) in [5.41, 5.74) is 1.33. The molecule has 0 spiro atoms. The summed E-state index contributed by atoms with van der Waals surface area (Å²) in [7, 11) is 0. The monoisotopic (exact) mass is 198 g/mol. The molecule has 0 aliphatic heterocycles. The van der Waals surface area contributed by atoms with Gasteiger partial charge in [0.2, 0.25) is 0 Å². The lowest BCUT2D eigenvalue weighted by Gasteiger charge is -2.05. The van der Waals surface area contributed by atoms with Gasteiger partial charge in [-0.2, -0.15) is 0 Å².